The number of allylic oxidation sites excluding steroid dienone is 1. The van der Waals surface area contributed by atoms with E-state index in [-0.39, 0.29) is 16.2 Å². The van der Waals surface area contributed by atoms with Crippen LogP contribution in [0.3, 0.4) is 0 Å². The van der Waals surface area contributed by atoms with Gasteiger partial charge < -0.3 is 4.74 Å². The summed E-state index contributed by atoms with van der Waals surface area (Å²) in [4.78, 5) is 14.4. The molecule has 50 heavy (non-hydrogen) atoms. The Morgan fingerprint density at radius 3 is 2.12 bits per heavy atom. The van der Waals surface area contributed by atoms with E-state index in [2.05, 4.69) is 110 Å². The quantitative estimate of drug-likeness (QED) is 0.225. The molecule has 2 bridgehead atoms. The highest BCUT2D eigenvalue weighted by atomic mass is 16.5. The van der Waals surface area contributed by atoms with Crippen LogP contribution in [-0.4, -0.2) is 18.5 Å². The maximum atomic E-state index is 14.4. The third kappa shape index (κ3) is 4.99. The van der Waals surface area contributed by atoms with Gasteiger partial charge in [-0.2, -0.15) is 0 Å². The van der Waals surface area contributed by atoms with Crippen LogP contribution in [0.1, 0.15) is 144 Å². The van der Waals surface area contributed by atoms with Gasteiger partial charge in [0.15, 0.2) is 5.78 Å². The van der Waals surface area contributed by atoms with Gasteiger partial charge in [0.2, 0.25) is 0 Å². The van der Waals surface area contributed by atoms with Crippen LogP contribution in [0.2, 0.25) is 0 Å². The van der Waals surface area contributed by atoms with E-state index in [1.165, 1.54) is 93.7 Å². The Bertz CT molecular complexity index is 1640. The number of hydrogen-bond donors (Lipinski definition) is 0. The summed E-state index contributed by atoms with van der Waals surface area (Å²) in [5, 5.41) is 0. The molecule has 5 saturated carbocycles. The van der Waals surface area contributed by atoms with Crippen LogP contribution in [-0.2, 0) is 16.0 Å². The van der Waals surface area contributed by atoms with E-state index in [9.17, 15) is 4.79 Å². The lowest BCUT2D eigenvalue weighted by Crippen LogP contribution is -2.67. The third-order valence-corrected chi connectivity index (χ3v) is 17.3. The molecule has 0 spiro atoms. The first-order chi connectivity index (χ1) is 23.7. The topological polar surface area (TPSA) is 26.3 Å². The maximum Gasteiger partial charge on any atom is 0.164 e. The highest BCUT2D eigenvalue weighted by Gasteiger charge is 2.73. The van der Waals surface area contributed by atoms with Gasteiger partial charge in [-0.25, -0.2) is 0 Å². The molecule has 8 rings (SSSR count). The molecule has 1 aliphatic heterocycles. The van der Waals surface area contributed by atoms with E-state index >= 15 is 0 Å². The Labute approximate surface area is 304 Å². The molecule has 1 saturated heterocycles. The first-order valence-corrected chi connectivity index (χ1v) is 20.7. The number of hydrogen-bond acceptors (Lipinski definition) is 2. The number of ketones is 1. The molecular formula is C48H66O2. The van der Waals surface area contributed by atoms with Crippen molar-refractivity contribution in [2.45, 2.75) is 145 Å². The average Bonchev–Trinajstić information content (AvgIpc) is 3.42. The smallest absolute Gasteiger partial charge is 0.164 e. The van der Waals surface area contributed by atoms with Crippen molar-refractivity contribution < 1.29 is 9.53 Å². The number of ether oxygens (including phenoxy) is 1. The van der Waals surface area contributed by atoms with Gasteiger partial charge in [0.1, 0.15) is 0 Å². The molecule has 9 atom stereocenters. The SMILES string of the molecule is CCCCCc1ccc(-c2ccc(/C=C3\C[C@@]4(C)[C@H](CC[C@]5(C)[C@@H]4CC[C@H]4[C@H]6[C@H]7OC[C@@]6(CCC7(C)C)CC[C@]45C)C(C)(C)C3=O)cc2)cc1. The van der Waals surface area contributed by atoms with Crippen molar-refractivity contribution in [2.75, 3.05) is 6.61 Å². The van der Waals surface area contributed by atoms with Gasteiger partial charge in [0.05, 0.1) is 12.7 Å². The lowest BCUT2D eigenvalue weighted by molar-refractivity contribution is -0.236. The number of Topliss-reactive ketones (excluding diaryl/α,β-unsaturated/α-hetero) is 1. The lowest BCUT2D eigenvalue weighted by atomic mass is 9.31. The summed E-state index contributed by atoms with van der Waals surface area (Å²) in [6.07, 6.45) is 19.1. The number of carbonyl (C=O) groups is 1. The Morgan fingerprint density at radius 2 is 1.42 bits per heavy atom. The third-order valence-electron chi connectivity index (χ3n) is 17.3. The molecule has 2 nitrogen and oxygen atoms in total. The summed E-state index contributed by atoms with van der Waals surface area (Å²) in [6, 6.07) is 18.1. The molecule has 1 heterocycles. The highest BCUT2D eigenvalue weighted by molar-refractivity contribution is 6.04. The van der Waals surface area contributed by atoms with E-state index in [0.717, 1.165) is 36.0 Å². The first kappa shape index (κ1) is 34.9. The molecule has 0 amide bonds. The van der Waals surface area contributed by atoms with Crippen molar-refractivity contribution in [3.63, 3.8) is 0 Å². The standard InChI is InChI=1S/C48H66O2/c1-9-10-11-12-32-13-17-34(18-14-32)35-19-15-33(16-20-35)29-36-30-45(6)38(44(4,5)41(36)49)23-24-47(8)39(45)22-21-37-40-42-43(2,3)25-27-48(40,31-50-42)28-26-46(37,47)7/h13-20,29,37-40,42H,9-12,21-28,30-31H2,1-8H3/b36-29+/t37-,38+,39+,40-,42+,45-,46+,47+,48+/m0/s1. The van der Waals surface area contributed by atoms with Gasteiger partial charge in [-0.1, -0.05) is 117 Å². The van der Waals surface area contributed by atoms with E-state index in [0.29, 0.717) is 40.0 Å². The number of unbranched alkanes of at least 4 members (excludes halogenated alkanes) is 2. The fourth-order valence-electron chi connectivity index (χ4n) is 14.4. The average molecular weight is 675 g/mol. The zero-order valence-electron chi connectivity index (χ0n) is 32.8. The molecule has 270 valence electrons. The van der Waals surface area contributed by atoms with Crippen molar-refractivity contribution in [3.8, 4) is 11.1 Å². The fourth-order valence-corrected chi connectivity index (χ4v) is 14.4. The monoisotopic (exact) mass is 675 g/mol. The molecule has 6 aliphatic rings. The van der Waals surface area contributed by atoms with Gasteiger partial charge in [-0.15, -0.1) is 0 Å². The summed E-state index contributed by atoms with van der Waals surface area (Å²) >= 11 is 0. The second kappa shape index (κ2) is 11.9. The van der Waals surface area contributed by atoms with Gasteiger partial charge in [-0.3, -0.25) is 4.79 Å². The van der Waals surface area contributed by atoms with Crippen molar-refractivity contribution in [2.24, 2.45) is 56.2 Å². The second-order valence-corrected chi connectivity index (χ2v) is 20.4. The molecule has 0 unspecified atom stereocenters. The Hall–Kier alpha value is -2.19. The van der Waals surface area contributed by atoms with Crippen LogP contribution in [0, 0.1) is 56.2 Å². The van der Waals surface area contributed by atoms with Gasteiger partial charge in [0, 0.05) is 5.41 Å². The number of fused-ring (bicyclic) bond motifs is 5. The van der Waals surface area contributed by atoms with E-state index in [1.807, 2.05) is 0 Å². The highest BCUT2D eigenvalue weighted by Crippen LogP contribution is 2.78. The number of aryl methyl sites for hydroxylation is 1. The number of rotatable bonds is 6. The number of benzene rings is 2. The molecule has 5 aliphatic carbocycles. The Balaban J connectivity index is 1.07. The maximum absolute atomic E-state index is 14.4. The summed E-state index contributed by atoms with van der Waals surface area (Å²) in [6.45, 7) is 20.9. The van der Waals surface area contributed by atoms with Gasteiger partial charge >= 0.3 is 0 Å². The molecule has 0 radical (unpaired) electrons. The largest absolute Gasteiger partial charge is 0.377 e. The van der Waals surface area contributed by atoms with Crippen LogP contribution in [0.5, 0.6) is 0 Å². The van der Waals surface area contributed by atoms with Gasteiger partial charge in [0.25, 0.3) is 0 Å². The van der Waals surface area contributed by atoms with Crippen molar-refractivity contribution in [3.05, 3.63) is 65.2 Å². The zero-order chi connectivity index (χ0) is 35.3. The summed E-state index contributed by atoms with van der Waals surface area (Å²) in [5.74, 6) is 2.95. The molecule has 2 aromatic carbocycles. The van der Waals surface area contributed by atoms with Crippen LogP contribution in [0.4, 0.5) is 0 Å². The predicted molar refractivity (Wildman–Crippen MR) is 208 cm³/mol. The second-order valence-electron chi connectivity index (χ2n) is 20.4. The molecule has 2 aromatic rings. The van der Waals surface area contributed by atoms with E-state index in [1.54, 1.807) is 0 Å². The van der Waals surface area contributed by atoms with Crippen LogP contribution in [0.25, 0.3) is 17.2 Å². The Kier molecular flexibility index (Phi) is 8.31. The first-order valence-electron chi connectivity index (χ1n) is 20.7. The predicted octanol–water partition coefficient (Wildman–Crippen LogP) is 12.5. The number of carbonyl (C=O) groups excluding carboxylic acids is 1. The van der Waals surface area contributed by atoms with Crippen molar-refractivity contribution in [1.82, 2.24) is 0 Å². The Morgan fingerprint density at radius 1 is 0.740 bits per heavy atom. The molecule has 0 aromatic heterocycles. The van der Waals surface area contributed by atoms with E-state index in [4.69, 9.17) is 4.74 Å². The molecular weight excluding hydrogens is 609 g/mol. The summed E-state index contributed by atoms with van der Waals surface area (Å²) < 4.78 is 6.82. The normalized spacial score (nSPS) is 42.0. The molecule has 6 fully saturated rings. The summed E-state index contributed by atoms with van der Waals surface area (Å²) in [7, 11) is 0. The minimum Gasteiger partial charge on any atom is -0.377 e. The zero-order valence-corrected chi connectivity index (χ0v) is 32.8. The molecule has 0 N–H and O–H groups in total. The minimum atomic E-state index is -0.340. The van der Waals surface area contributed by atoms with Crippen LogP contribution >= 0.6 is 0 Å². The van der Waals surface area contributed by atoms with Crippen molar-refractivity contribution in [1.29, 1.82) is 0 Å². The lowest BCUT2D eigenvalue weighted by Gasteiger charge is -2.73. The van der Waals surface area contributed by atoms with Crippen LogP contribution < -0.4 is 0 Å². The van der Waals surface area contributed by atoms with Gasteiger partial charge in [-0.05, 0) is 155 Å². The van der Waals surface area contributed by atoms with E-state index < -0.39 is 0 Å². The molecule has 2 heteroatoms. The fraction of sp³-hybridized carbons (Fsp3) is 0.688. The minimum absolute atomic E-state index is 0.124. The van der Waals surface area contributed by atoms with Crippen molar-refractivity contribution >= 4 is 11.9 Å². The summed E-state index contributed by atoms with van der Waals surface area (Å²) in [5.41, 5.74) is 7.29. The van der Waals surface area contributed by atoms with Crippen LogP contribution in [0.15, 0.2) is 54.1 Å².